The first-order chi connectivity index (χ1) is 9.27. The SMILES string of the molecule is CC1=C(C)C[C-]=C1.[Zr].c1ccc(-c2ccccc2)cc1. The molecule has 1 aliphatic carbocycles. The molecule has 0 fully saturated rings. The van der Waals surface area contributed by atoms with Crippen molar-refractivity contribution in [2.24, 2.45) is 0 Å². The van der Waals surface area contributed by atoms with Crippen molar-refractivity contribution >= 4 is 0 Å². The minimum atomic E-state index is 0. The first-order valence-corrected chi connectivity index (χ1v) is 6.61. The van der Waals surface area contributed by atoms with Crippen LogP contribution in [0.2, 0.25) is 0 Å². The van der Waals surface area contributed by atoms with Crippen molar-refractivity contribution in [2.75, 3.05) is 0 Å². The molecule has 0 spiro atoms. The Hall–Kier alpha value is -1.20. The summed E-state index contributed by atoms with van der Waals surface area (Å²) in [4.78, 5) is 0. The maximum Gasteiger partial charge on any atom is 0 e. The predicted molar refractivity (Wildman–Crippen MR) is 82.7 cm³/mol. The summed E-state index contributed by atoms with van der Waals surface area (Å²) < 4.78 is 0. The summed E-state index contributed by atoms with van der Waals surface area (Å²) in [5.41, 5.74) is 5.40. The van der Waals surface area contributed by atoms with Crippen molar-refractivity contribution < 1.29 is 26.2 Å². The number of allylic oxidation sites excluding steroid dienone is 4. The van der Waals surface area contributed by atoms with Gasteiger partial charge in [-0.1, -0.05) is 67.6 Å². The van der Waals surface area contributed by atoms with Crippen molar-refractivity contribution in [3.63, 3.8) is 0 Å². The molecule has 1 heteroatoms. The Balaban J connectivity index is 0.000000216. The van der Waals surface area contributed by atoms with Gasteiger partial charge in [0.1, 0.15) is 0 Å². The van der Waals surface area contributed by atoms with Gasteiger partial charge in [-0.25, -0.2) is 11.6 Å². The Morgan fingerprint density at radius 2 is 1.20 bits per heavy atom. The molecule has 100 valence electrons. The number of hydrogen-bond acceptors (Lipinski definition) is 0. The van der Waals surface area contributed by atoms with Gasteiger partial charge in [0, 0.05) is 26.2 Å². The van der Waals surface area contributed by atoms with Crippen molar-refractivity contribution in [3.8, 4) is 11.1 Å². The standard InChI is InChI=1S/C12H10.C7H9.Zr/c1-3-7-11(8-4-1)12-9-5-2-6-10-12;1-6-4-3-5-7(6)2;/h1-10H;4H,5H2,1-2H3;/q;-1;. The topological polar surface area (TPSA) is 0 Å². The summed E-state index contributed by atoms with van der Waals surface area (Å²) >= 11 is 0. The molecule has 0 nitrogen and oxygen atoms in total. The van der Waals surface area contributed by atoms with E-state index in [2.05, 4.69) is 74.5 Å². The fourth-order valence-electron chi connectivity index (χ4n) is 1.88. The smallest absolute Gasteiger partial charge is 0 e. The van der Waals surface area contributed by atoms with E-state index >= 15 is 0 Å². The van der Waals surface area contributed by atoms with Crippen molar-refractivity contribution in [1.29, 1.82) is 0 Å². The van der Waals surface area contributed by atoms with Crippen molar-refractivity contribution in [3.05, 3.63) is 84.0 Å². The normalized spacial score (nSPS) is 12.5. The second kappa shape index (κ2) is 8.87. The van der Waals surface area contributed by atoms with Gasteiger partial charge >= 0.3 is 0 Å². The Morgan fingerprint density at radius 1 is 0.750 bits per heavy atom. The molecule has 0 heterocycles. The Morgan fingerprint density at radius 3 is 1.45 bits per heavy atom. The number of hydrogen-bond donors (Lipinski definition) is 0. The zero-order chi connectivity index (χ0) is 13.5. The molecule has 0 saturated heterocycles. The summed E-state index contributed by atoms with van der Waals surface area (Å²) in [6.45, 7) is 4.27. The van der Waals surface area contributed by atoms with E-state index in [1.807, 2.05) is 12.1 Å². The molecular formula is C19H19Zr-. The summed E-state index contributed by atoms with van der Waals surface area (Å²) in [5.74, 6) is 0. The van der Waals surface area contributed by atoms with E-state index in [1.54, 1.807) is 0 Å². The largest absolute Gasteiger partial charge is 0.272 e. The van der Waals surface area contributed by atoms with Crippen molar-refractivity contribution in [1.82, 2.24) is 0 Å². The number of benzene rings is 2. The summed E-state index contributed by atoms with van der Waals surface area (Å²) in [6.07, 6.45) is 6.22. The molecule has 0 aromatic heterocycles. The van der Waals surface area contributed by atoms with Crippen LogP contribution in [0.1, 0.15) is 20.3 Å². The van der Waals surface area contributed by atoms with Gasteiger partial charge in [-0.2, -0.15) is 5.57 Å². The summed E-state index contributed by atoms with van der Waals surface area (Å²) in [7, 11) is 0. The van der Waals surface area contributed by atoms with E-state index in [-0.39, 0.29) is 26.2 Å². The third-order valence-corrected chi connectivity index (χ3v) is 3.24. The molecule has 0 radical (unpaired) electrons. The van der Waals surface area contributed by atoms with E-state index in [4.69, 9.17) is 0 Å². The Labute approximate surface area is 141 Å². The molecule has 20 heavy (non-hydrogen) atoms. The molecule has 0 atom stereocenters. The van der Waals surface area contributed by atoms with Crippen molar-refractivity contribution in [2.45, 2.75) is 20.3 Å². The first-order valence-electron chi connectivity index (χ1n) is 6.61. The fourth-order valence-corrected chi connectivity index (χ4v) is 1.88. The van der Waals surface area contributed by atoms with E-state index < -0.39 is 0 Å². The minimum Gasteiger partial charge on any atom is -0.272 e. The van der Waals surface area contributed by atoms with Crippen LogP contribution in [0.25, 0.3) is 11.1 Å². The summed E-state index contributed by atoms with van der Waals surface area (Å²) in [6, 6.07) is 20.8. The van der Waals surface area contributed by atoms with Crippen LogP contribution in [0.3, 0.4) is 0 Å². The van der Waals surface area contributed by atoms with Crippen LogP contribution in [-0.2, 0) is 26.2 Å². The van der Waals surface area contributed by atoms with Crippen LogP contribution in [-0.4, -0.2) is 0 Å². The molecule has 0 aliphatic heterocycles. The molecule has 2 aromatic rings. The van der Waals surface area contributed by atoms with Gasteiger partial charge < -0.3 is 0 Å². The van der Waals surface area contributed by atoms with E-state index in [9.17, 15) is 0 Å². The molecule has 0 unspecified atom stereocenters. The molecule has 2 aromatic carbocycles. The molecule has 0 bridgehead atoms. The van der Waals surface area contributed by atoms with Crippen LogP contribution in [0, 0.1) is 6.08 Å². The average Bonchev–Trinajstić information content (AvgIpc) is 2.85. The molecule has 0 N–H and O–H groups in total. The second-order valence-electron chi connectivity index (χ2n) is 4.72. The third kappa shape index (κ3) is 5.06. The van der Waals surface area contributed by atoms with Crippen LogP contribution in [0.4, 0.5) is 0 Å². The fraction of sp³-hybridized carbons (Fsp3) is 0.158. The van der Waals surface area contributed by atoms with Crippen LogP contribution >= 0.6 is 0 Å². The summed E-state index contributed by atoms with van der Waals surface area (Å²) in [5, 5.41) is 0. The van der Waals surface area contributed by atoms with Gasteiger partial charge in [0.2, 0.25) is 0 Å². The maximum absolute atomic E-state index is 3.12. The van der Waals surface area contributed by atoms with E-state index in [0.29, 0.717) is 0 Å². The molecule has 3 rings (SSSR count). The third-order valence-electron chi connectivity index (χ3n) is 3.24. The predicted octanol–water partition coefficient (Wildman–Crippen LogP) is 5.44. The molecular weight excluding hydrogens is 319 g/mol. The monoisotopic (exact) mass is 337 g/mol. The van der Waals surface area contributed by atoms with Crippen LogP contribution in [0.15, 0.2) is 77.9 Å². The number of rotatable bonds is 1. The maximum atomic E-state index is 3.12. The first kappa shape index (κ1) is 16.9. The zero-order valence-electron chi connectivity index (χ0n) is 12.1. The van der Waals surface area contributed by atoms with Gasteiger partial charge in [0.15, 0.2) is 0 Å². The van der Waals surface area contributed by atoms with Crippen LogP contribution in [0.5, 0.6) is 0 Å². The minimum absolute atomic E-state index is 0. The van der Waals surface area contributed by atoms with Gasteiger partial charge in [0.25, 0.3) is 0 Å². The Kier molecular flexibility index (Phi) is 7.48. The Bertz CT molecular complexity index is 528. The van der Waals surface area contributed by atoms with Gasteiger partial charge in [-0.15, -0.1) is 13.3 Å². The van der Waals surface area contributed by atoms with Crippen LogP contribution < -0.4 is 0 Å². The molecule has 1 aliphatic rings. The van der Waals surface area contributed by atoms with Gasteiger partial charge in [-0.3, -0.25) is 6.08 Å². The zero-order valence-corrected chi connectivity index (χ0v) is 14.5. The molecule has 0 saturated carbocycles. The van der Waals surface area contributed by atoms with Gasteiger partial charge in [0.05, 0.1) is 0 Å². The quantitative estimate of drug-likeness (QED) is 0.608. The molecule has 0 amide bonds. The average molecular weight is 339 g/mol. The van der Waals surface area contributed by atoms with E-state index in [0.717, 1.165) is 6.42 Å². The second-order valence-corrected chi connectivity index (χ2v) is 4.72. The van der Waals surface area contributed by atoms with Gasteiger partial charge in [-0.05, 0) is 11.1 Å². The van der Waals surface area contributed by atoms with E-state index in [1.165, 1.54) is 22.3 Å².